The fraction of sp³-hybridized carbons (Fsp3) is 0.400. The van der Waals surface area contributed by atoms with Gasteiger partial charge in [0.05, 0.1) is 13.1 Å². The number of rotatable bonds is 5. The number of hydrogen-bond acceptors (Lipinski definition) is 5. The predicted octanol–water partition coefficient (Wildman–Crippen LogP) is 3.58. The van der Waals surface area contributed by atoms with Gasteiger partial charge in [-0.1, -0.05) is 19.1 Å². The molecular formula is C20H23N3O3. The van der Waals surface area contributed by atoms with E-state index < -0.39 is 0 Å². The molecule has 0 radical (unpaired) electrons. The number of carbonyl (C=O) groups excluding carboxylic acids is 1. The van der Waals surface area contributed by atoms with Gasteiger partial charge in [-0.25, -0.2) is 4.98 Å². The number of oxazole rings is 1. The number of aromatic nitrogens is 1. The van der Waals surface area contributed by atoms with Gasteiger partial charge in [-0.15, -0.1) is 0 Å². The first-order valence-electron chi connectivity index (χ1n) is 9.11. The summed E-state index contributed by atoms with van der Waals surface area (Å²) in [7, 11) is 0. The van der Waals surface area contributed by atoms with Crippen LogP contribution < -0.4 is 5.32 Å². The maximum absolute atomic E-state index is 12.3. The van der Waals surface area contributed by atoms with E-state index in [-0.39, 0.29) is 12.5 Å². The van der Waals surface area contributed by atoms with Gasteiger partial charge in [0.15, 0.2) is 11.3 Å². The van der Waals surface area contributed by atoms with Gasteiger partial charge in [-0.2, -0.15) is 0 Å². The Morgan fingerprint density at radius 3 is 2.81 bits per heavy atom. The average Bonchev–Trinajstić information content (AvgIpc) is 3.28. The van der Waals surface area contributed by atoms with Crippen LogP contribution in [0.3, 0.4) is 0 Å². The molecule has 4 rings (SSSR count). The van der Waals surface area contributed by atoms with Crippen LogP contribution in [-0.2, 0) is 13.1 Å². The summed E-state index contributed by atoms with van der Waals surface area (Å²) in [4.78, 5) is 19.0. The van der Waals surface area contributed by atoms with Crippen molar-refractivity contribution in [3.63, 3.8) is 0 Å². The molecule has 1 saturated heterocycles. The molecule has 1 aliphatic rings. The third-order valence-corrected chi connectivity index (χ3v) is 4.88. The summed E-state index contributed by atoms with van der Waals surface area (Å²) in [6, 6.07) is 11.1. The van der Waals surface area contributed by atoms with E-state index in [9.17, 15) is 4.79 Å². The summed E-state index contributed by atoms with van der Waals surface area (Å²) < 4.78 is 11.3. The molecule has 1 fully saturated rings. The van der Waals surface area contributed by atoms with Gasteiger partial charge in [0.1, 0.15) is 11.3 Å². The molecule has 0 spiro atoms. The van der Waals surface area contributed by atoms with Gasteiger partial charge < -0.3 is 14.2 Å². The molecule has 0 bridgehead atoms. The molecule has 0 atom stereocenters. The van der Waals surface area contributed by atoms with Crippen LogP contribution in [0.1, 0.15) is 42.0 Å². The molecule has 1 aromatic carbocycles. The van der Waals surface area contributed by atoms with Gasteiger partial charge in [0, 0.05) is 0 Å². The van der Waals surface area contributed by atoms with Crippen molar-refractivity contribution >= 4 is 17.0 Å². The van der Waals surface area contributed by atoms with Crippen LogP contribution in [-0.4, -0.2) is 28.9 Å². The van der Waals surface area contributed by atoms with Crippen LogP contribution in [0.25, 0.3) is 11.1 Å². The Morgan fingerprint density at radius 1 is 1.19 bits per heavy atom. The highest BCUT2D eigenvalue weighted by Gasteiger charge is 2.18. The highest BCUT2D eigenvalue weighted by atomic mass is 16.4. The summed E-state index contributed by atoms with van der Waals surface area (Å²) in [5.74, 6) is 2.17. The molecule has 3 heterocycles. The fourth-order valence-electron chi connectivity index (χ4n) is 3.26. The number of piperidine rings is 1. The highest BCUT2D eigenvalue weighted by molar-refractivity contribution is 5.91. The minimum Gasteiger partial charge on any atom is -0.455 e. The van der Waals surface area contributed by atoms with Gasteiger partial charge in [-0.3, -0.25) is 9.69 Å². The number of para-hydroxylation sites is 2. The number of amides is 1. The third-order valence-electron chi connectivity index (χ3n) is 4.88. The quantitative estimate of drug-likeness (QED) is 0.759. The lowest BCUT2D eigenvalue weighted by atomic mass is 9.99. The minimum atomic E-state index is -0.259. The largest absolute Gasteiger partial charge is 0.455 e. The smallest absolute Gasteiger partial charge is 0.287 e. The second-order valence-electron chi connectivity index (χ2n) is 6.98. The molecular weight excluding hydrogens is 330 g/mol. The van der Waals surface area contributed by atoms with E-state index in [1.54, 1.807) is 6.07 Å². The SMILES string of the molecule is CC1CCN(Cc2ccc(C(=O)NCc3nc4ccccc4o3)o2)CC1. The molecule has 136 valence electrons. The molecule has 3 aromatic rings. The monoisotopic (exact) mass is 353 g/mol. The number of furan rings is 1. The molecule has 2 aromatic heterocycles. The van der Waals surface area contributed by atoms with Crippen LogP contribution in [0.2, 0.25) is 0 Å². The number of nitrogens with zero attached hydrogens (tertiary/aromatic N) is 2. The number of carbonyl (C=O) groups is 1. The van der Waals surface area contributed by atoms with Crippen LogP contribution in [0, 0.1) is 5.92 Å². The van der Waals surface area contributed by atoms with Crippen molar-refractivity contribution in [3.8, 4) is 0 Å². The molecule has 6 heteroatoms. The van der Waals surface area contributed by atoms with Gasteiger partial charge in [0.2, 0.25) is 5.89 Å². The zero-order valence-corrected chi connectivity index (χ0v) is 14.9. The third kappa shape index (κ3) is 3.80. The van der Waals surface area contributed by atoms with E-state index in [4.69, 9.17) is 8.83 Å². The van der Waals surface area contributed by atoms with Gasteiger partial charge >= 0.3 is 0 Å². The number of fused-ring (bicyclic) bond motifs is 1. The lowest BCUT2D eigenvalue weighted by Crippen LogP contribution is -2.32. The average molecular weight is 353 g/mol. The van der Waals surface area contributed by atoms with Crippen LogP contribution >= 0.6 is 0 Å². The van der Waals surface area contributed by atoms with E-state index in [0.29, 0.717) is 17.2 Å². The van der Waals surface area contributed by atoms with E-state index in [2.05, 4.69) is 22.1 Å². The zero-order valence-electron chi connectivity index (χ0n) is 14.9. The minimum absolute atomic E-state index is 0.230. The maximum Gasteiger partial charge on any atom is 0.287 e. The molecule has 0 unspecified atom stereocenters. The summed E-state index contributed by atoms with van der Waals surface area (Å²) in [5, 5.41) is 2.80. The van der Waals surface area contributed by atoms with Gasteiger partial charge in [-0.05, 0) is 56.1 Å². The summed E-state index contributed by atoms with van der Waals surface area (Å²) in [5.41, 5.74) is 1.50. The topological polar surface area (TPSA) is 71.5 Å². The summed E-state index contributed by atoms with van der Waals surface area (Å²) >= 11 is 0. The van der Waals surface area contributed by atoms with E-state index >= 15 is 0 Å². The molecule has 0 aliphatic carbocycles. The summed E-state index contributed by atoms with van der Waals surface area (Å²) in [6.45, 7) is 5.45. The Kier molecular flexibility index (Phi) is 4.75. The van der Waals surface area contributed by atoms with Gasteiger partial charge in [0.25, 0.3) is 5.91 Å². The summed E-state index contributed by atoms with van der Waals surface area (Å²) in [6.07, 6.45) is 2.44. The number of hydrogen-bond donors (Lipinski definition) is 1. The Bertz CT molecular complexity index is 857. The predicted molar refractivity (Wildman–Crippen MR) is 97.6 cm³/mol. The van der Waals surface area contributed by atoms with Crippen molar-refractivity contribution in [1.82, 2.24) is 15.2 Å². The van der Waals surface area contributed by atoms with Crippen molar-refractivity contribution in [2.45, 2.75) is 32.9 Å². The van der Waals surface area contributed by atoms with E-state index in [1.165, 1.54) is 12.8 Å². The molecule has 6 nitrogen and oxygen atoms in total. The Hall–Kier alpha value is -2.60. The highest BCUT2D eigenvalue weighted by Crippen LogP contribution is 2.19. The molecule has 0 saturated carbocycles. The maximum atomic E-state index is 12.3. The normalized spacial score (nSPS) is 16.2. The first-order chi connectivity index (χ1) is 12.7. The van der Waals surface area contributed by atoms with Crippen LogP contribution in [0.4, 0.5) is 0 Å². The second-order valence-corrected chi connectivity index (χ2v) is 6.98. The lowest BCUT2D eigenvalue weighted by Gasteiger charge is -2.29. The molecule has 1 aliphatic heterocycles. The first kappa shape index (κ1) is 16.8. The number of likely N-dealkylation sites (tertiary alicyclic amines) is 1. The first-order valence-corrected chi connectivity index (χ1v) is 9.11. The van der Waals surface area contributed by atoms with Crippen LogP contribution in [0.5, 0.6) is 0 Å². The van der Waals surface area contributed by atoms with Crippen molar-refractivity contribution in [3.05, 3.63) is 53.8 Å². The second kappa shape index (κ2) is 7.33. The molecule has 1 N–H and O–H groups in total. The Morgan fingerprint density at radius 2 is 2.00 bits per heavy atom. The van der Waals surface area contributed by atoms with Crippen LogP contribution in [0.15, 0.2) is 45.2 Å². The Balaban J connectivity index is 1.32. The van der Waals surface area contributed by atoms with Crippen molar-refractivity contribution < 1.29 is 13.6 Å². The fourth-order valence-corrected chi connectivity index (χ4v) is 3.26. The van der Waals surface area contributed by atoms with Crippen molar-refractivity contribution in [2.24, 2.45) is 5.92 Å². The standard InChI is InChI=1S/C20H23N3O3/c1-14-8-10-23(11-9-14)13-15-6-7-18(25-15)20(24)21-12-19-22-16-4-2-3-5-17(16)26-19/h2-7,14H,8-13H2,1H3,(H,21,24). The Labute approximate surface area is 152 Å². The number of benzene rings is 1. The van der Waals surface area contributed by atoms with E-state index in [0.717, 1.165) is 36.8 Å². The van der Waals surface area contributed by atoms with Crippen molar-refractivity contribution in [2.75, 3.05) is 13.1 Å². The molecule has 1 amide bonds. The molecule has 26 heavy (non-hydrogen) atoms. The zero-order chi connectivity index (χ0) is 17.9. The lowest BCUT2D eigenvalue weighted by molar-refractivity contribution is 0.0914. The van der Waals surface area contributed by atoms with E-state index in [1.807, 2.05) is 30.3 Å². The number of nitrogens with one attached hydrogen (secondary N) is 1. The van der Waals surface area contributed by atoms with Crippen molar-refractivity contribution in [1.29, 1.82) is 0 Å².